The lowest BCUT2D eigenvalue weighted by atomic mass is 10.0. The number of Topliss-reactive ketones (excluding diaryl/α,β-unsaturated/α-hetero) is 1. The minimum Gasteiger partial charge on any atom is -0.495 e. The van der Waals surface area contributed by atoms with Crippen LogP contribution in [0, 0.1) is 5.41 Å². The Morgan fingerprint density at radius 3 is 2.24 bits per heavy atom. The van der Waals surface area contributed by atoms with Gasteiger partial charge in [0.15, 0.2) is 11.6 Å². The molecule has 0 fully saturated rings. The van der Waals surface area contributed by atoms with Crippen LogP contribution in [0.3, 0.4) is 0 Å². The van der Waals surface area contributed by atoms with Gasteiger partial charge in [0.25, 0.3) is 0 Å². The third-order valence-electron chi connectivity index (χ3n) is 4.79. The Kier molecular flexibility index (Phi) is 7.96. The molecule has 33 heavy (non-hydrogen) atoms. The minimum atomic E-state index is -0.875. The first-order valence-corrected chi connectivity index (χ1v) is 10.6. The van der Waals surface area contributed by atoms with Crippen LogP contribution in [0.25, 0.3) is 11.3 Å². The summed E-state index contributed by atoms with van der Waals surface area (Å²) < 4.78 is 22.8. The first kappa shape index (κ1) is 24.1. The molecule has 3 rings (SSSR count). The summed E-state index contributed by atoms with van der Waals surface area (Å²) in [6.07, 6.45) is -0.875. The number of amidine groups is 1. The van der Waals surface area contributed by atoms with Gasteiger partial charge < -0.3 is 18.6 Å². The van der Waals surface area contributed by atoms with Crippen LogP contribution < -0.4 is 14.9 Å². The number of carbonyl (C=O) groups excluding carboxylic acids is 1. The molecule has 0 aliphatic carbocycles. The van der Waals surface area contributed by atoms with E-state index < -0.39 is 6.10 Å². The molecule has 0 radical (unpaired) electrons. The van der Waals surface area contributed by atoms with Crippen LogP contribution in [-0.4, -0.2) is 40.0 Å². The van der Waals surface area contributed by atoms with E-state index in [2.05, 4.69) is 31.7 Å². The molecule has 1 atom stereocenters. The Labute approximate surface area is 199 Å². The van der Waals surface area contributed by atoms with Gasteiger partial charge in [-0.05, 0) is 45.8 Å². The van der Waals surface area contributed by atoms with Crippen molar-refractivity contribution in [2.75, 3.05) is 28.4 Å². The van der Waals surface area contributed by atoms with Gasteiger partial charge in [-0.25, -0.2) is 0 Å². The molecule has 0 saturated carbocycles. The molecule has 0 aliphatic heterocycles. The molecule has 0 bridgehead atoms. The zero-order valence-corrected chi connectivity index (χ0v) is 20.1. The quantitative estimate of drug-likeness (QED) is 0.133. The summed E-state index contributed by atoms with van der Waals surface area (Å²) in [7, 11) is 6.16. The Morgan fingerprint density at radius 1 is 1.06 bits per heavy atom. The molecule has 0 amide bonds. The standard InChI is InChI=1S/C23H23BrN4O5/c1-26-28-27-23(25)14-7-5-13(6-8-14)22(32-4)21(29)17-10-9-16(33-17)15-11-18(30-2)20(24)19(12-15)31-3/h5-12,22H,1-4H3,(H2,25,26,27). The summed E-state index contributed by atoms with van der Waals surface area (Å²) in [6.45, 7) is 0. The van der Waals surface area contributed by atoms with Crippen molar-refractivity contribution < 1.29 is 23.4 Å². The Bertz CT molecular complexity index is 1150. The molecule has 0 aliphatic rings. The Balaban J connectivity index is 1.85. The minimum absolute atomic E-state index is 0.00720. The van der Waals surface area contributed by atoms with E-state index in [1.54, 1.807) is 69.8 Å². The van der Waals surface area contributed by atoms with Crippen molar-refractivity contribution in [3.63, 3.8) is 0 Å². The summed E-state index contributed by atoms with van der Waals surface area (Å²) in [6, 6.07) is 13.7. The van der Waals surface area contributed by atoms with Crippen molar-refractivity contribution >= 4 is 27.5 Å². The number of nitrogens with zero attached hydrogens (tertiary/aromatic N) is 2. The predicted octanol–water partition coefficient (Wildman–Crippen LogP) is 5.21. The molecule has 9 nitrogen and oxygen atoms in total. The Hall–Kier alpha value is -3.50. The van der Waals surface area contributed by atoms with E-state index in [9.17, 15) is 4.79 Å². The lowest BCUT2D eigenvalue weighted by Gasteiger charge is -2.14. The van der Waals surface area contributed by atoms with E-state index in [1.165, 1.54) is 7.11 Å². The second-order valence-corrected chi connectivity index (χ2v) is 7.53. The number of nitrogens with one attached hydrogen (secondary N) is 2. The number of rotatable bonds is 9. The van der Waals surface area contributed by atoms with E-state index in [0.717, 1.165) is 0 Å². The fourth-order valence-corrected chi connectivity index (χ4v) is 3.69. The van der Waals surface area contributed by atoms with Gasteiger partial charge in [-0.3, -0.25) is 15.6 Å². The highest BCUT2D eigenvalue weighted by Crippen LogP contribution is 2.39. The lowest BCUT2D eigenvalue weighted by molar-refractivity contribution is 0.0577. The Morgan fingerprint density at radius 2 is 1.70 bits per heavy atom. The van der Waals surface area contributed by atoms with Crippen LogP contribution in [0.5, 0.6) is 11.5 Å². The van der Waals surface area contributed by atoms with Gasteiger partial charge >= 0.3 is 0 Å². The van der Waals surface area contributed by atoms with Crippen LogP contribution in [0.15, 0.2) is 67.8 Å². The normalized spacial score (nSPS) is 11.9. The van der Waals surface area contributed by atoms with Gasteiger partial charge in [0.05, 0.1) is 14.2 Å². The summed E-state index contributed by atoms with van der Waals surface area (Å²) in [4.78, 5) is 13.1. The molecule has 0 spiro atoms. The van der Waals surface area contributed by atoms with Crippen LogP contribution >= 0.6 is 15.9 Å². The summed E-state index contributed by atoms with van der Waals surface area (Å²) in [5, 5.41) is 15.2. The van der Waals surface area contributed by atoms with Gasteiger partial charge in [0, 0.05) is 25.3 Å². The van der Waals surface area contributed by atoms with E-state index in [4.69, 9.17) is 24.0 Å². The fourth-order valence-electron chi connectivity index (χ4n) is 3.13. The van der Waals surface area contributed by atoms with E-state index >= 15 is 0 Å². The second-order valence-electron chi connectivity index (χ2n) is 6.73. The smallest absolute Gasteiger partial charge is 0.231 e. The molecule has 1 aromatic heterocycles. The SMILES string of the molecule is CN/N=N\C(=N)c1ccc(C(OC)C(=O)c2ccc(-c3cc(OC)c(Br)c(OC)c3)o2)cc1. The number of carbonyl (C=O) groups is 1. The van der Waals surface area contributed by atoms with Gasteiger partial charge in [0.2, 0.25) is 5.78 Å². The lowest BCUT2D eigenvalue weighted by Crippen LogP contribution is -2.14. The summed E-state index contributed by atoms with van der Waals surface area (Å²) >= 11 is 3.44. The van der Waals surface area contributed by atoms with Crippen LogP contribution in [0.4, 0.5) is 0 Å². The monoisotopic (exact) mass is 514 g/mol. The number of methoxy groups -OCH3 is 3. The van der Waals surface area contributed by atoms with Crippen LogP contribution in [-0.2, 0) is 4.74 Å². The van der Waals surface area contributed by atoms with Gasteiger partial charge in [-0.1, -0.05) is 29.5 Å². The van der Waals surface area contributed by atoms with Gasteiger partial charge in [-0.2, -0.15) is 0 Å². The maximum absolute atomic E-state index is 13.1. The number of furan rings is 1. The number of ether oxygens (including phenoxy) is 3. The zero-order valence-electron chi connectivity index (χ0n) is 18.5. The molecule has 10 heteroatoms. The van der Waals surface area contributed by atoms with Gasteiger partial charge in [0.1, 0.15) is 27.8 Å². The van der Waals surface area contributed by atoms with E-state index in [-0.39, 0.29) is 17.4 Å². The highest BCUT2D eigenvalue weighted by Gasteiger charge is 2.25. The average Bonchev–Trinajstić information content (AvgIpc) is 3.34. The molecule has 1 heterocycles. The van der Waals surface area contributed by atoms with E-state index in [1.807, 2.05) is 0 Å². The van der Waals surface area contributed by atoms with Gasteiger partial charge in [-0.15, -0.1) is 5.11 Å². The maximum atomic E-state index is 13.1. The third-order valence-corrected chi connectivity index (χ3v) is 5.57. The number of halogens is 1. The largest absolute Gasteiger partial charge is 0.495 e. The van der Waals surface area contributed by atoms with Crippen molar-refractivity contribution in [2.24, 2.45) is 10.3 Å². The number of ketones is 1. The van der Waals surface area contributed by atoms with Crippen LogP contribution in [0.2, 0.25) is 0 Å². The molecule has 2 N–H and O–H groups in total. The van der Waals surface area contributed by atoms with Crippen molar-refractivity contribution in [1.29, 1.82) is 5.41 Å². The fraction of sp³-hybridized carbons (Fsp3) is 0.217. The molecular weight excluding hydrogens is 492 g/mol. The number of benzene rings is 2. The maximum Gasteiger partial charge on any atom is 0.231 e. The molecule has 1 unspecified atom stereocenters. The molecule has 0 saturated heterocycles. The predicted molar refractivity (Wildman–Crippen MR) is 126 cm³/mol. The molecule has 172 valence electrons. The van der Waals surface area contributed by atoms with E-state index in [0.29, 0.717) is 38.4 Å². The highest BCUT2D eigenvalue weighted by atomic mass is 79.9. The first-order valence-electron chi connectivity index (χ1n) is 9.78. The van der Waals surface area contributed by atoms with Crippen molar-refractivity contribution in [1.82, 2.24) is 5.43 Å². The number of hydrogen-bond donors (Lipinski definition) is 2. The molecular formula is C23H23BrN4O5. The number of hydrogen-bond acceptors (Lipinski definition) is 7. The zero-order chi connectivity index (χ0) is 24.0. The molecule has 3 aromatic rings. The van der Waals surface area contributed by atoms with Crippen molar-refractivity contribution in [3.8, 4) is 22.8 Å². The van der Waals surface area contributed by atoms with Crippen molar-refractivity contribution in [2.45, 2.75) is 6.10 Å². The molecule has 2 aromatic carbocycles. The summed E-state index contributed by atoms with van der Waals surface area (Å²) in [5.74, 6) is 1.43. The third kappa shape index (κ3) is 5.29. The van der Waals surface area contributed by atoms with Crippen molar-refractivity contribution in [3.05, 3.63) is 69.9 Å². The van der Waals surface area contributed by atoms with Crippen LogP contribution in [0.1, 0.15) is 27.8 Å². The topological polar surface area (TPSA) is 119 Å². The average molecular weight is 515 g/mol. The second kappa shape index (κ2) is 10.9. The highest BCUT2D eigenvalue weighted by molar-refractivity contribution is 9.10. The first-order chi connectivity index (χ1) is 15.9. The summed E-state index contributed by atoms with van der Waals surface area (Å²) in [5.41, 5.74) is 4.36.